The largest absolute Gasteiger partial charge is 0.381 e. The molecule has 2 saturated heterocycles. The van der Waals surface area contributed by atoms with Gasteiger partial charge in [0.15, 0.2) is 0 Å². The lowest BCUT2D eigenvalue weighted by molar-refractivity contribution is 0.0983. The maximum absolute atomic E-state index is 13.6. The highest BCUT2D eigenvalue weighted by Gasteiger charge is 2.37. The third kappa shape index (κ3) is 4.28. The fraction of sp³-hybridized carbons (Fsp3) is 0.632. The Kier molecular flexibility index (Phi) is 5.69. The normalized spacial score (nSPS) is 20.3. The van der Waals surface area contributed by atoms with Crippen LogP contribution in [0.2, 0.25) is 0 Å². The summed E-state index contributed by atoms with van der Waals surface area (Å²) in [5, 5.41) is 3.61. The Balaban J connectivity index is 1.69. The van der Waals surface area contributed by atoms with Crippen molar-refractivity contribution in [2.45, 2.75) is 43.4 Å². The van der Waals surface area contributed by atoms with Gasteiger partial charge in [0.05, 0.1) is 17.1 Å². The molecule has 10 nitrogen and oxygen atoms in total. The first kappa shape index (κ1) is 21.0. The molecule has 30 heavy (non-hydrogen) atoms. The predicted octanol–water partition coefficient (Wildman–Crippen LogP) is 1.17. The first-order valence-corrected chi connectivity index (χ1v) is 11.7. The van der Waals surface area contributed by atoms with Gasteiger partial charge in [-0.2, -0.15) is 10.1 Å². The van der Waals surface area contributed by atoms with Crippen molar-refractivity contribution in [1.82, 2.24) is 19.7 Å². The number of rotatable bonds is 5. The highest BCUT2D eigenvalue weighted by molar-refractivity contribution is 7.93. The van der Waals surface area contributed by atoms with Crippen molar-refractivity contribution in [1.29, 1.82) is 0 Å². The zero-order valence-electron chi connectivity index (χ0n) is 17.4. The van der Waals surface area contributed by atoms with Gasteiger partial charge in [0.1, 0.15) is 5.82 Å². The van der Waals surface area contributed by atoms with E-state index in [9.17, 15) is 8.42 Å². The van der Waals surface area contributed by atoms with Crippen LogP contribution in [-0.4, -0.2) is 65.3 Å². The molecular weight excluding hydrogens is 406 g/mol. The topological polar surface area (TPSA) is 119 Å². The van der Waals surface area contributed by atoms with E-state index in [4.69, 9.17) is 10.5 Å². The third-order valence-electron chi connectivity index (χ3n) is 5.81. The van der Waals surface area contributed by atoms with Crippen LogP contribution in [0.5, 0.6) is 0 Å². The standard InChI is InChI=1S/C19H29N7O3S/c1-19(20)6-9-25(10-7-19)17-3-8-21-18(23-17)26(15-13-22-24(2)14-15)30(27,28)16-4-11-29-12-5-16/h3,8,13-14,16H,4-7,9-12,20H2,1-2H3. The van der Waals surface area contributed by atoms with Crippen molar-refractivity contribution < 1.29 is 13.2 Å². The first-order chi connectivity index (χ1) is 14.3. The molecule has 0 spiro atoms. The van der Waals surface area contributed by atoms with Crippen LogP contribution >= 0.6 is 0 Å². The molecule has 2 aliphatic rings. The van der Waals surface area contributed by atoms with Gasteiger partial charge >= 0.3 is 0 Å². The van der Waals surface area contributed by atoms with Gasteiger partial charge in [0, 0.05) is 51.3 Å². The molecule has 2 N–H and O–H groups in total. The zero-order valence-corrected chi connectivity index (χ0v) is 18.3. The van der Waals surface area contributed by atoms with Crippen LogP contribution in [-0.2, 0) is 21.8 Å². The molecule has 0 atom stereocenters. The molecule has 0 amide bonds. The van der Waals surface area contributed by atoms with Crippen molar-refractivity contribution >= 4 is 27.5 Å². The van der Waals surface area contributed by atoms with E-state index >= 15 is 0 Å². The van der Waals surface area contributed by atoms with Gasteiger partial charge in [-0.3, -0.25) is 4.68 Å². The molecule has 0 saturated carbocycles. The lowest BCUT2D eigenvalue weighted by Crippen LogP contribution is -2.48. The van der Waals surface area contributed by atoms with Gasteiger partial charge in [0.25, 0.3) is 0 Å². The van der Waals surface area contributed by atoms with E-state index < -0.39 is 15.3 Å². The number of ether oxygens (including phenoxy) is 1. The molecule has 4 heterocycles. The van der Waals surface area contributed by atoms with Gasteiger partial charge in [-0.15, -0.1) is 0 Å². The van der Waals surface area contributed by atoms with Crippen LogP contribution in [0, 0.1) is 0 Å². The van der Waals surface area contributed by atoms with Crippen molar-refractivity contribution in [3.8, 4) is 0 Å². The predicted molar refractivity (Wildman–Crippen MR) is 114 cm³/mol. The quantitative estimate of drug-likeness (QED) is 0.743. The van der Waals surface area contributed by atoms with Gasteiger partial charge in [-0.05, 0) is 38.7 Å². The SMILES string of the molecule is Cn1cc(N(c2nccc(N3CCC(C)(N)CC3)n2)S(=O)(=O)C2CCOCC2)cn1. The summed E-state index contributed by atoms with van der Waals surface area (Å²) in [7, 11) is -2.00. The minimum atomic E-state index is -3.75. The average Bonchev–Trinajstić information content (AvgIpc) is 3.14. The van der Waals surface area contributed by atoms with Crippen molar-refractivity contribution in [2.24, 2.45) is 12.8 Å². The third-order valence-corrected chi connectivity index (χ3v) is 8.01. The number of aromatic nitrogens is 4. The number of aryl methyl sites for hydroxylation is 1. The molecule has 164 valence electrons. The number of hydrogen-bond acceptors (Lipinski definition) is 8. The van der Waals surface area contributed by atoms with E-state index in [0.29, 0.717) is 37.6 Å². The number of anilines is 3. The van der Waals surface area contributed by atoms with E-state index in [2.05, 4.69) is 26.9 Å². The summed E-state index contributed by atoms with van der Waals surface area (Å²) in [6.07, 6.45) is 7.37. The van der Waals surface area contributed by atoms with E-state index in [1.165, 1.54) is 10.5 Å². The Labute approximate surface area is 177 Å². The highest BCUT2D eigenvalue weighted by atomic mass is 32.2. The molecule has 0 bridgehead atoms. The fourth-order valence-electron chi connectivity index (χ4n) is 3.87. The van der Waals surface area contributed by atoms with Crippen molar-refractivity contribution in [3.63, 3.8) is 0 Å². The highest BCUT2D eigenvalue weighted by Crippen LogP contribution is 2.32. The molecule has 2 aromatic heterocycles. The lowest BCUT2D eigenvalue weighted by Gasteiger charge is -2.37. The fourth-order valence-corrected chi connectivity index (χ4v) is 5.66. The zero-order chi connectivity index (χ0) is 21.4. The summed E-state index contributed by atoms with van der Waals surface area (Å²) in [4.78, 5) is 11.1. The van der Waals surface area contributed by atoms with Crippen LogP contribution < -0.4 is 14.9 Å². The summed E-state index contributed by atoms with van der Waals surface area (Å²) in [6, 6.07) is 1.81. The molecular formula is C19H29N7O3S. The Bertz CT molecular complexity index is 976. The number of piperidine rings is 1. The number of nitrogens with two attached hydrogens (primary N) is 1. The van der Waals surface area contributed by atoms with E-state index in [1.54, 1.807) is 24.1 Å². The number of sulfonamides is 1. The monoisotopic (exact) mass is 435 g/mol. The van der Waals surface area contributed by atoms with Gasteiger partial charge in [-0.1, -0.05) is 0 Å². The van der Waals surface area contributed by atoms with E-state index in [1.807, 2.05) is 6.07 Å². The van der Waals surface area contributed by atoms with Gasteiger partial charge < -0.3 is 15.4 Å². The van der Waals surface area contributed by atoms with Crippen LogP contribution in [0.1, 0.15) is 32.6 Å². The summed E-state index contributed by atoms with van der Waals surface area (Å²) in [5.41, 5.74) is 6.49. The minimum Gasteiger partial charge on any atom is -0.381 e. The lowest BCUT2D eigenvalue weighted by atomic mass is 9.91. The van der Waals surface area contributed by atoms with Crippen molar-refractivity contribution in [2.75, 3.05) is 35.5 Å². The maximum atomic E-state index is 13.6. The maximum Gasteiger partial charge on any atom is 0.246 e. The molecule has 0 aromatic carbocycles. The molecule has 0 aliphatic carbocycles. The van der Waals surface area contributed by atoms with E-state index in [-0.39, 0.29) is 11.5 Å². The summed E-state index contributed by atoms with van der Waals surface area (Å²) in [6.45, 7) is 4.45. The number of nitrogens with zero attached hydrogens (tertiary/aromatic N) is 6. The Morgan fingerprint density at radius 3 is 2.60 bits per heavy atom. The Morgan fingerprint density at radius 1 is 1.27 bits per heavy atom. The summed E-state index contributed by atoms with van der Waals surface area (Å²) < 4.78 is 35.3. The second-order valence-electron chi connectivity index (χ2n) is 8.35. The Morgan fingerprint density at radius 2 is 1.97 bits per heavy atom. The molecule has 4 rings (SSSR count). The average molecular weight is 436 g/mol. The van der Waals surface area contributed by atoms with Crippen LogP contribution in [0.25, 0.3) is 0 Å². The summed E-state index contributed by atoms with van der Waals surface area (Å²) >= 11 is 0. The minimum absolute atomic E-state index is 0.132. The van der Waals surface area contributed by atoms with Gasteiger partial charge in [0.2, 0.25) is 16.0 Å². The number of hydrogen-bond donors (Lipinski definition) is 1. The van der Waals surface area contributed by atoms with Crippen LogP contribution in [0.4, 0.5) is 17.5 Å². The Hall–Kier alpha value is -2.24. The van der Waals surface area contributed by atoms with E-state index in [0.717, 1.165) is 25.9 Å². The van der Waals surface area contributed by atoms with Crippen molar-refractivity contribution in [3.05, 3.63) is 24.7 Å². The second-order valence-corrected chi connectivity index (χ2v) is 10.4. The molecule has 2 aliphatic heterocycles. The molecule has 11 heteroatoms. The molecule has 0 radical (unpaired) electrons. The van der Waals surface area contributed by atoms with Crippen LogP contribution in [0.3, 0.4) is 0 Å². The smallest absolute Gasteiger partial charge is 0.246 e. The second kappa shape index (κ2) is 8.12. The van der Waals surface area contributed by atoms with Crippen LogP contribution in [0.15, 0.2) is 24.7 Å². The summed E-state index contributed by atoms with van der Waals surface area (Å²) in [5.74, 6) is 0.833. The van der Waals surface area contributed by atoms with Gasteiger partial charge in [-0.25, -0.2) is 17.7 Å². The molecule has 2 aromatic rings. The molecule has 2 fully saturated rings. The first-order valence-electron chi connectivity index (χ1n) is 10.2. The molecule has 0 unspecified atom stereocenters.